The number of aromatic nitrogens is 1. The zero-order chi connectivity index (χ0) is 15.7. The molecule has 1 heterocycles. The maximum atomic E-state index is 12.3. The Bertz CT molecular complexity index is 860. The number of carbonyl (C=O) groups excluding carboxylic acids is 1. The highest BCUT2D eigenvalue weighted by atomic mass is 35.5. The zero-order valence-electron chi connectivity index (χ0n) is 11.7. The predicted octanol–water partition coefficient (Wildman–Crippen LogP) is 5.42. The minimum atomic E-state index is -0.315. The number of nitrogens with one attached hydrogen (secondary N) is 1. The van der Waals surface area contributed by atoms with Crippen LogP contribution in [0.25, 0.3) is 10.2 Å². The Balaban J connectivity index is 1.93. The summed E-state index contributed by atoms with van der Waals surface area (Å²) in [6, 6.07) is 10.8. The maximum absolute atomic E-state index is 12.3. The van der Waals surface area contributed by atoms with Gasteiger partial charge >= 0.3 is 0 Å². The molecular formula is C16H12Cl2N2OS. The summed E-state index contributed by atoms with van der Waals surface area (Å²) in [4.78, 5) is 16.8. The molecule has 0 aliphatic carbocycles. The summed E-state index contributed by atoms with van der Waals surface area (Å²) in [7, 11) is 0. The standard InChI is InChI=1S/C16H12Cl2N2OS/c1-2-9-4-3-5-13-14(9)19-16(22-13)20-15(21)11-8-10(17)6-7-12(11)18/h3-8H,2H2,1H3,(H,19,20,21). The maximum Gasteiger partial charge on any atom is 0.259 e. The summed E-state index contributed by atoms with van der Waals surface area (Å²) < 4.78 is 1.05. The lowest BCUT2D eigenvalue weighted by atomic mass is 10.1. The Labute approximate surface area is 141 Å². The molecule has 3 aromatic rings. The van der Waals surface area contributed by atoms with Crippen LogP contribution in [0, 0.1) is 0 Å². The summed E-state index contributed by atoms with van der Waals surface area (Å²) in [6.45, 7) is 2.08. The van der Waals surface area contributed by atoms with Crippen molar-refractivity contribution in [3.8, 4) is 0 Å². The Morgan fingerprint density at radius 1 is 1.27 bits per heavy atom. The Hall–Kier alpha value is -1.62. The fourth-order valence-corrected chi connectivity index (χ4v) is 3.46. The summed E-state index contributed by atoms with van der Waals surface area (Å²) in [5.41, 5.74) is 2.43. The van der Waals surface area contributed by atoms with E-state index in [1.807, 2.05) is 18.2 Å². The molecule has 0 radical (unpaired) electrons. The van der Waals surface area contributed by atoms with Crippen molar-refractivity contribution in [3.05, 3.63) is 57.6 Å². The topological polar surface area (TPSA) is 42.0 Å². The van der Waals surface area contributed by atoms with Crippen molar-refractivity contribution in [2.45, 2.75) is 13.3 Å². The summed E-state index contributed by atoms with van der Waals surface area (Å²) in [6.07, 6.45) is 0.897. The molecule has 1 aromatic heterocycles. The van der Waals surface area contributed by atoms with E-state index in [0.29, 0.717) is 20.7 Å². The molecule has 0 aliphatic rings. The van der Waals surface area contributed by atoms with Crippen LogP contribution in [0.2, 0.25) is 10.0 Å². The first-order valence-corrected chi connectivity index (χ1v) is 8.30. The number of benzene rings is 2. The highest BCUT2D eigenvalue weighted by Crippen LogP contribution is 2.29. The van der Waals surface area contributed by atoms with E-state index >= 15 is 0 Å². The number of hydrogen-bond acceptors (Lipinski definition) is 3. The van der Waals surface area contributed by atoms with Crippen LogP contribution in [0.3, 0.4) is 0 Å². The monoisotopic (exact) mass is 350 g/mol. The Morgan fingerprint density at radius 3 is 2.86 bits per heavy atom. The molecule has 112 valence electrons. The van der Waals surface area contributed by atoms with Gasteiger partial charge in [0.25, 0.3) is 5.91 Å². The van der Waals surface area contributed by atoms with E-state index in [1.165, 1.54) is 11.3 Å². The summed E-state index contributed by atoms with van der Waals surface area (Å²) >= 11 is 13.4. The molecule has 0 atom stereocenters. The number of aryl methyl sites for hydroxylation is 1. The van der Waals surface area contributed by atoms with Gasteiger partial charge in [-0.2, -0.15) is 0 Å². The third-order valence-corrected chi connectivity index (χ3v) is 4.78. The molecule has 0 spiro atoms. The van der Waals surface area contributed by atoms with Crippen LogP contribution in [-0.4, -0.2) is 10.9 Å². The number of amides is 1. The first kappa shape index (κ1) is 15.3. The molecule has 2 aromatic carbocycles. The predicted molar refractivity (Wildman–Crippen MR) is 93.4 cm³/mol. The van der Waals surface area contributed by atoms with Crippen LogP contribution in [0.4, 0.5) is 5.13 Å². The van der Waals surface area contributed by atoms with Crippen molar-refractivity contribution < 1.29 is 4.79 Å². The van der Waals surface area contributed by atoms with Gasteiger partial charge in [-0.1, -0.05) is 53.6 Å². The van der Waals surface area contributed by atoms with E-state index < -0.39 is 0 Å². The Kier molecular flexibility index (Phi) is 4.34. The summed E-state index contributed by atoms with van der Waals surface area (Å²) in [5, 5.41) is 4.17. The van der Waals surface area contributed by atoms with E-state index in [4.69, 9.17) is 23.2 Å². The quantitative estimate of drug-likeness (QED) is 0.685. The van der Waals surface area contributed by atoms with Crippen LogP contribution in [0.1, 0.15) is 22.8 Å². The molecule has 0 fully saturated rings. The number of halogens is 2. The SMILES string of the molecule is CCc1cccc2sc(NC(=O)c3cc(Cl)ccc3Cl)nc12. The molecular weight excluding hydrogens is 339 g/mol. The molecule has 3 nitrogen and oxygen atoms in total. The molecule has 3 rings (SSSR count). The highest BCUT2D eigenvalue weighted by molar-refractivity contribution is 7.22. The number of carbonyl (C=O) groups is 1. The normalized spacial score (nSPS) is 10.9. The third kappa shape index (κ3) is 2.95. The van der Waals surface area contributed by atoms with Crippen LogP contribution < -0.4 is 5.32 Å². The smallest absolute Gasteiger partial charge is 0.259 e. The second kappa shape index (κ2) is 6.24. The molecule has 0 saturated carbocycles. The molecule has 0 bridgehead atoms. The molecule has 1 N–H and O–H groups in total. The first-order valence-electron chi connectivity index (χ1n) is 6.73. The minimum Gasteiger partial charge on any atom is -0.298 e. The van der Waals surface area contributed by atoms with Gasteiger partial charge in [0.1, 0.15) is 0 Å². The molecule has 0 saturated heterocycles. The second-order valence-corrected chi connectivity index (χ2v) is 6.59. The van der Waals surface area contributed by atoms with Crippen LogP contribution in [-0.2, 0) is 6.42 Å². The Morgan fingerprint density at radius 2 is 2.09 bits per heavy atom. The van der Waals surface area contributed by atoms with Crippen molar-refractivity contribution in [2.24, 2.45) is 0 Å². The van der Waals surface area contributed by atoms with Crippen molar-refractivity contribution in [3.63, 3.8) is 0 Å². The lowest BCUT2D eigenvalue weighted by Crippen LogP contribution is -2.12. The van der Waals surface area contributed by atoms with Gasteiger partial charge in [-0.25, -0.2) is 4.98 Å². The van der Waals surface area contributed by atoms with Crippen LogP contribution >= 0.6 is 34.5 Å². The van der Waals surface area contributed by atoms with Crippen molar-refractivity contribution >= 4 is 55.8 Å². The number of para-hydroxylation sites is 1. The fourth-order valence-electron chi connectivity index (χ4n) is 2.18. The molecule has 22 heavy (non-hydrogen) atoms. The average Bonchev–Trinajstić information content (AvgIpc) is 2.91. The first-order chi connectivity index (χ1) is 10.6. The van der Waals surface area contributed by atoms with Gasteiger partial charge in [0.15, 0.2) is 5.13 Å². The van der Waals surface area contributed by atoms with Crippen molar-refractivity contribution in [1.29, 1.82) is 0 Å². The third-order valence-electron chi connectivity index (χ3n) is 3.28. The number of anilines is 1. The van der Waals surface area contributed by atoms with E-state index in [0.717, 1.165) is 22.2 Å². The second-order valence-electron chi connectivity index (χ2n) is 4.71. The highest BCUT2D eigenvalue weighted by Gasteiger charge is 2.14. The van der Waals surface area contributed by atoms with Gasteiger partial charge in [0, 0.05) is 5.02 Å². The van der Waals surface area contributed by atoms with E-state index in [1.54, 1.807) is 18.2 Å². The van der Waals surface area contributed by atoms with Gasteiger partial charge in [-0.05, 0) is 36.2 Å². The van der Waals surface area contributed by atoms with Gasteiger partial charge in [-0.15, -0.1) is 0 Å². The van der Waals surface area contributed by atoms with Crippen molar-refractivity contribution in [2.75, 3.05) is 5.32 Å². The fraction of sp³-hybridized carbons (Fsp3) is 0.125. The molecule has 0 unspecified atom stereocenters. The summed E-state index contributed by atoms with van der Waals surface area (Å²) in [5.74, 6) is -0.315. The minimum absolute atomic E-state index is 0.315. The van der Waals surface area contributed by atoms with E-state index in [9.17, 15) is 4.79 Å². The number of thiazole rings is 1. The van der Waals surface area contributed by atoms with Gasteiger partial charge in [0.05, 0.1) is 20.8 Å². The van der Waals surface area contributed by atoms with E-state index in [2.05, 4.69) is 17.2 Å². The van der Waals surface area contributed by atoms with Gasteiger partial charge in [0.2, 0.25) is 0 Å². The zero-order valence-corrected chi connectivity index (χ0v) is 14.0. The molecule has 1 amide bonds. The van der Waals surface area contributed by atoms with Crippen LogP contribution in [0.5, 0.6) is 0 Å². The van der Waals surface area contributed by atoms with Crippen molar-refractivity contribution in [1.82, 2.24) is 4.98 Å². The molecule has 0 aliphatic heterocycles. The number of fused-ring (bicyclic) bond motifs is 1. The average molecular weight is 351 g/mol. The lowest BCUT2D eigenvalue weighted by Gasteiger charge is -2.04. The van der Waals surface area contributed by atoms with Gasteiger partial charge in [-0.3, -0.25) is 10.1 Å². The number of nitrogens with zero attached hydrogens (tertiary/aromatic N) is 1. The van der Waals surface area contributed by atoms with Crippen LogP contribution in [0.15, 0.2) is 36.4 Å². The number of rotatable bonds is 3. The largest absolute Gasteiger partial charge is 0.298 e. The number of hydrogen-bond donors (Lipinski definition) is 1. The van der Waals surface area contributed by atoms with E-state index in [-0.39, 0.29) is 5.91 Å². The lowest BCUT2D eigenvalue weighted by molar-refractivity contribution is 0.102. The van der Waals surface area contributed by atoms with Gasteiger partial charge < -0.3 is 0 Å². The molecule has 6 heteroatoms.